The van der Waals surface area contributed by atoms with Crippen molar-refractivity contribution in [2.75, 3.05) is 6.54 Å². The minimum absolute atomic E-state index is 0.0337. The summed E-state index contributed by atoms with van der Waals surface area (Å²) in [4.78, 5) is 25.5. The molecule has 0 aliphatic carbocycles. The molecule has 1 N–H and O–H groups in total. The van der Waals surface area contributed by atoms with Gasteiger partial charge in [-0.25, -0.2) is 12.7 Å². The first-order valence-corrected chi connectivity index (χ1v) is 10.3. The van der Waals surface area contributed by atoms with Crippen LogP contribution in [0.25, 0.3) is 4.91 Å². The summed E-state index contributed by atoms with van der Waals surface area (Å²) >= 11 is 1.49. The number of carbonyl (C=O) groups is 2. The largest absolute Gasteiger partial charge is 0.350 e. The Kier molecular flexibility index (Phi) is 4.97. The molecule has 3 rings (SSSR count). The summed E-state index contributed by atoms with van der Waals surface area (Å²) in [5.74, 6) is -1.18. The number of sulfonamides is 1. The van der Waals surface area contributed by atoms with Gasteiger partial charge in [-0.2, -0.15) is 0 Å². The fourth-order valence-electron chi connectivity index (χ4n) is 2.71. The molecule has 1 aliphatic rings. The number of thiophene rings is 1. The van der Waals surface area contributed by atoms with Crippen molar-refractivity contribution in [3.8, 4) is 0 Å². The van der Waals surface area contributed by atoms with Crippen LogP contribution in [-0.4, -0.2) is 31.1 Å². The molecule has 0 fully saturated rings. The van der Waals surface area contributed by atoms with Gasteiger partial charge in [-0.05, 0) is 30.9 Å². The van der Waals surface area contributed by atoms with E-state index in [0.717, 1.165) is 10.4 Å². The molecule has 1 aliphatic heterocycles. The minimum atomic E-state index is -4.05. The molecule has 26 heavy (non-hydrogen) atoms. The quantitative estimate of drug-likeness (QED) is 0.849. The van der Waals surface area contributed by atoms with Crippen molar-refractivity contribution in [2.45, 2.75) is 20.4 Å². The van der Waals surface area contributed by atoms with Crippen LogP contribution in [0.4, 0.5) is 0 Å². The highest BCUT2D eigenvalue weighted by Crippen LogP contribution is 2.35. The average Bonchev–Trinajstić information content (AvgIpc) is 3.17. The normalized spacial score (nSPS) is 16.2. The van der Waals surface area contributed by atoms with E-state index in [1.54, 1.807) is 24.3 Å². The predicted octanol–water partition coefficient (Wildman–Crippen LogP) is 2.28. The molecule has 0 saturated carbocycles. The third-order valence-corrected chi connectivity index (χ3v) is 6.89. The van der Waals surface area contributed by atoms with Gasteiger partial charge in [-0.15, -0.1) is 11.3 Å². The first-order chi connectivity index (χ1) is 12.3. The van der Waals surface area contributed by atoms with E-state index < -0.39 is 28.4 Å². The van der Waals surface area contributed by atoms with Crippen molar-refractivity contribution >= 4 is 38.1 Å². The Balaban J connectivity index is 1.79. The van der Waals surface area contributed by atoms with Crippen LogP contribution in [0.1, 0.15) is 22.9 Å². The molecule has 1 aromatic heterocycles. The number of amides is 2. The highest BCUT2D eigenvalue weighted by atomic mass is 32.2. The molecule has 2 heterocycles. The van der Waals surface area contributed by atoms with Crippen molar-refractivity contribution in [3.63, 3.8) is 0 Å². The predicted molar refractivity (Wildman–Crippen MR) is 101 cm³/mol. The van der Waals surface area contributed by atoms with Crippen LogP contribution in [0.15, 0.2) is 47.4 Å². The molecule has 136 valence electrons. The fourth-order valence-corrected chi connectivity index (χ4v) is 5.12. The lowest BCUT2D eigenvalue weighted by molar-refractivity contribution is -0.128. The monoisotopic (exact) mass is 390 g/mol. The Morgan fingerprint density at radius 1 is 1.15 bits per heavy atom. The second-order valence-electron chi connectivity index (χ2n) is 5.99. The lowest BCUT2D eigenvalue weighted by Gasteiger charge is -2.16. The van der Waals surface area contributed by atoms with Crippen molar-refractivity contribution in [1.29, 1.82) is 0 Å². The first-order valence-electron chi connectivity index (χ1n) is 7.95. The van der Waals surface area contributed by atoms with Crippen LogP contribution in [0, 0.1) is 6.92 Å². The Labute approximate surface area is 156 Å². The molecule has 0 bridgehead atoms. The van der Waals surface area contributed by atoms with Gasteiger partial charge in [0.2, 0.25) is 5.91 Å². The summed E-state index contributed by atoms with van der Waals surface area (Å²) in [5, 5.41) is 4.53. The van der Waals surface area contributed by atoms with Gasteiger partial charge in [0.25, 0.3) is 15.9 Å². The van der Waals surface area contributed by atoms with Crippen LogP contribution in [0.3, 0.4) is 0 Å². The van der Waals surface area contributed by atoms with Gasteiger partial charge in [0.05, 0.1) is 6.54 Å². The number of nitrogens with one attached hydrogen (secondary N) is 1. The smallest absolute Gasteiger partial charge is 0.268 e. The number of nitrogens with zero attached hydrogens (tertiary/aromatic N) is 1. The van der Waals surface area contributed by atoms with E-state index in [1.165, 1.54) is 18.3 Å². The molecule has 2 amide bonds. The number of aryl methyl sites for hydroxylation is 1. The number of rotatable bonds is 5. The molecule has 0 spiro atoms. The van der Waals surface area contributed by atoms with Crippen LogP contribution in [0.5, 0.6) is 0 Å². The third-order valence-electron chi connectivity index (χ3n) is 4.08. The lowest BCUT2D eigenvalue weighted by Crippen LogP contribution is -2.40. The number of carbonyl (C=O) groups excluding carboxylic acids is 2. The lowest BCUT2D eigenvalue weighted by atomic mass is 10.1. The SMILES string of the molecule is CC1=C(c2ccc(C)cc2)S(=O)(=O)N(CC(=O)NCc2cccs2)C1=O. The third kappa shape index (κ3) is 3.42. The first kappa shape index (κ1) is 18.3. The molecule has 0 saturated heterocycles. The maximum atomic E-state index is 12.8. The van der Waals surface area contributed by atoms with Crippen molar-refractivity contribution in [1.82, 2.24) is 9.62 Å². The van der Waals surface area contributed by atoms with E-state index in [9.17, 15) is 18.0 Å². The second-order valence-corrected chi connectivity index (χ2v) is 8.82. The van der Waals surface area contributed by atoms with Crippen LogP contribution in [-0.2, 0) is 26.2 Å². The highest BCUT2D eigenvalue weighted by Gasteiger charge is 2.43. The molecule has 0 unspecified atom stereocenters. The maximum Gasteiger partial charge on any atom is 0.268 e. The zero-order valence-corrected chi connectivity index (χ0v) is 16.0. The fraction of sp³-hybridized carbons (Fsp3) is 0.222. The van der Waals surface area contributed by atoms with E-state index in [0.29, 0.717) is 16.4 Å². The van der Waals surface area contributed by atoms with Gasteiger partial charge >= 0.3 is 0 Å². The summed E-state index contributed by atoms with van der Waals surface area (Å²) in [6, 6.07) is 10.6. The standard InChI is InChI=1S/C18H18N2O4S2/c1-12-5-7-14(8-6-12)17-13(2)18(22)20(26(17,23)24)11-16(21)19-10-15-4-3-9-25-15/h3-9H,10-11H2,1-2H3,(H,19,21). The van der Waals surface area contributed by atoms with Gasteiger partial charge in [0, 0.05) is 10.5 Å². The Morgan fingerprint density at radius 2 is 1.85 bits per heavy atom. The summed E-state index contributed by atoms with van der Waals surface area (Å²) < 4.78 is 26.3. The number of hydrogen-bond acceptors (Lipinski definition) is 5. The molecule has 0 atom stereocenters. The molecule has 2 aromatic rings. The minimum Gasteiger partial charge on any atom is -0.350 e. The second kappa shape index (κ2) is 7.05. The maximum absolute atomic E-state index is 12.8. The topological polar surface area (TPSA) is 83.6 Å². The average molecular weight is 390 g/mol. The molecule has 0 radical (unpaired) electrons. The van der Waals surface area contributed by atoms with E-state index in [2.05, 4.69) is 5.32 Å². The van der Waals surface area contributed by atoms with Crippen molar-refractivity contribution < 1.29 is 18.0 Å². The van der Waals surface area contributed by atoms with E-state index in [4.69, 9.17) is 0 Å². The van der Waals surface area contributed by atoms with Crippen molar-refractivity contribution in [3.05, 3.63) is 63.4 Å². The van der Waals surface area contributed by atoms with Crippen LogP contribution < -0.4 is 5.32 Å². The Bertz CT molecular complexity index is 975. The molecular formula is C18H18N2O4S2. The van der Waals surface area contributed by atoms with E-state index in [1.807, 2.05) is 24.4 Å². The van der Waals surface area contributed by atoms with E-state index >= 15 is 0 Å². The van der Waals surface area contributed by atoms with Gasteiger partial charge in [0.15, 0.2) is 0 Å². The van der Waals surface area contributed by atoms with Gasteiger partial charge in [0.1, 0.15) is 11.4 Å². The Morgan fingerprint density at radius 3 is 2.46 bits per heavy atom. The Hall–Kier alpha value is -2.45. The van der Waals surface area contributed by atoms with Gasteiger partial charge in [-0.1, -0.05) is 35.9 Å². The summed E-state index contributed by atoms with van der Waals surface area (Å²) in [6.07, 6.45) is 0. The molecule has 6 nitrogen and oxygen atoms in total. The van der Waals surface area contributed by atoms with Crippen molar-refractivity contribution in [2.24, 2.45) is 0 Å². The molecule has 1 aromatic carbocycles. The number of benzene rings is 1. The highest BCUT2D eigenvalue weighted by molar-refractivity contribution is 7.99. The number of hydrogen-bond donors (Lipinski definition) is 1. The zero-order valence-electron chi connectivity index (χ0n) is 14.4. The van der Waals surface area contributed by atoms with E-state index in [-0.39, 0.29) is 10.5 Å². The molecular weight excluding hydrogens is 372 g/mol. The zero-order chi connectivity index (χ0) is 18.9. The summed E-state index contributed by atoms with van der Waals surface area (Å²) in [7, 11) is -4.05. The van der Waals surface area contributed by atoms with Crippen LogP contribution >= 0.6 is 11.3 Å². The summed E-state index contributed by atoms with van der Waals surface area (Å²) in [6.45, 7) is 3.14. The molecule has 8 heteroatoms. The van der Waals surface area contributed by atoms with Gasteiger partial charge in [-0.3, -0.25) is 9.59 Å². The van der Waals surface area contributed by atoms with Crippen LogP contribution in [0.2, 0.25) is 0 Å². The summed E-state index contributed by atoms with van der Waals surface area (Å²) in [5.41, 5.74) is 1.56. The van der Waals surface area contributed by atoms with Gasteiger partial charge < -0.3 is 5.32 Å².